The third kappa shape index (κ3) is 5.46. The van der Waals surface area contributed by atoms with Crippen LogP contribution in [0.25, 0.3) is 0 Å². The van der Waals surface area contributed by atoms with Gasteiger partial charge in [0.05, 0.1) is 12.3 Å². The smallest absolute Gasteiger partial charge is 0.251 e. The second kappa shape index (κ2) is 10.6. The van der Waals surface area contributed by atoms with E-state index in [1.165, 1.54) is 11.8 Å². The minimum atomic E-state index is -0.249. The largest absolute Gasteiger partial charge is 0.454 e. The number of benzene rings is 2. The number of nitrogens with zero attached hydrogens (tertiary/aromatic N) is 3. The van der Waals surface area contributed by atoms with Crippen molar-refractivity contribution in [3.8, 4) is 11.5 Å². The third-order valence-corrected chi connectivity index (χ3v) is 6.84. The second-order valence-corrected chi connectivity index (χ2v) is 9.83. The number of ether oxygens (including phenoxy) is 2. The highest BCUT2D eigenvalue weighted by atomic mass is 127. The van der Waals surface area contributed by atoms with Gasteiger partial charge in [-0.15, -0.1) is 10.2 Å². The van der Waals surface area contributed by atoms with Crippen molar-refractivity contribution in [3.63, 3.8) is 0 Å². The van der Waals surface area contributed by atoms with Crippen molar-refractivity contribution in [3.05, 3.63) is 56.4 Å². The summed E-state index contributed by atoms with van der Waals surface area (Å²) in [6.45, 7) is 6.91. The normalized spacial score (nSPS) is 12.0. The molecule has 2 heterocycles. The molecule has 1 aliphatic heterocycles. The average Bonchev–Trinajstić information content (AvgIpc) is 3.44. The SMILES string of the molecule is CCn1c(CNC(=O)c2ccc3c(c2)OCO3)nnc1SCC(=O)Nc1c(C)cc(I)cc1C. The first-order valence-corrected chi connectivity index (χ1v) is 12.7. The molecule has 0 bridgehead atoms. The first-order valence-electron chi connectivity index (χ1n) is 10.6. The molecule has 3 aromatic rings. The third-order valence-electron chi connectivity index (χ3n) is 5.25. The summed E-state index contributed by atoms with van der Waals surface area (Å²) in [5, 5.41) is 14.9. The van der Waals surface area contributed by atoms with Gasteiger partial charge in [-0.2, -0.15) is 0 Å². The van der Waals surface area contributed by atoms with Gasteiger partial charge in [-0.1, -0.05) is 11.8 Å². The van der Waals surface area contributed by atoms with Gasteiger partial charge in [0.2, 0.25) is 12.7 Å². The topological polar surface area (TPSA) is 107 Å². The summed E-state index contributed by atoms with van der Waals surface area (Å²) >= 11 is 3.58. The fourth-order valence-electron chi connectivity index (χ4n) is 3.59. The van der Waals surface area contributed by atoms with Crippen LogP contribution in [0.3, 0.4) is 0 Å². The molecule has 1 aliphatic rings. The zero-order valence-electron chi connectivity index (χ0n) is 19.0. The van der Waals surface area contributed by atoms with Gasteiger partial charge in [-0.25, -0.2) is 0 Å². The van der Waals surface area contributed by atoms with Crippen LogP contribution in [0.5, 0.6) is 11.5 Å². The maximum Gasteiger partial charge on any atom is 0.251 e. The van der Waals surface area contributed by atoms with E-state index in [4.69, 9.17) is 9.47 Å². The van der Waals surface area contributed by atoms with Crippen LogP contribution in [-0.2, 0) is 17.9 Å². The number of carbonyl (C=O) groups is 2. The van der Waals surface area contributed by atoms with Crippen molar-refractivity contribution >= 4 is 51.9 Å². The lowest BCUT2D eigenvalue weighted by Gasteiger charge is -2.12. The van der Waals surface area contributed by atoms with Gasteiger partial charge in [0.25, 0.3) is 5.91 Å². The van der Waals surface area contributed by atoms with Crippen molar-refractivity contribution in [2.45, 2.75) is 39.0 Å². The number of halogens is 1. The van der Waals surface area contributed by atoms with Crippen LogP contribution < -0.4 is 20.1 Å². The van der Waals surface area contributed by atoms with E-state index in [-0.39, 0.29) is 30.9 Å². The summed E-state index contributed by atoms with van der Waals surface area (Å²) in [5.74, 6) is 1.63. The predicted octanol–water partition coefficient (Wildman–Crippen LogP) is 3.91. The molecule has 0 spiro atoms. The van der Waals surface area contributed by atoms with Gasteiger partial charge in [-0.3, -0.25) is 9.59 Å². The Balaban J connectivity index is 1.35. The number of thioether (sulfide) groups is 1. The molecular weight excluding hydrogens is 569 g/mol. The number of fused-ring (bicyclic) bond motifs is 1. The van der Waals surface area contributed by atoms with Crippen molar-refractivity contribution in [2.24, 2.45) is 0 Å². The maximum atomic E-state index is 12.6. The lowest BCUT2D eigenvalue weighted by atomic mass is 10.1. The van der Waals surface area contributed by atoms with Crippen molar-refractivity contribution < 1.29 is 19.1 Å². The average molecular weight is 593 g/mol. The number of hydrogen-bond acceptors (Lipinski definition) is 7. The number of anilines is 1. The van der Waals surface area contributed by atoms with Crippen LogP contribution in [0.2, 0.25) is 0 Å². The molecule has 0 saturated heterocycles. The first kappa shape index (κ1) is 24.3. The Bertz CT molecular complexity index is 1220. The minimum Gasteiger partial charge on any atom is -0.454 e. The number of aryl methyl sites for hydroxylation is 2. The Morgan fingerprint density at radius 3 is 2.59 bits per heavy atom. The summed E-state index contributed by atoms with van der Waals surface area (Å²) in [4.78, 5) is 25.1. The standard InChI is InChI=1S/C23H24IN5O4S/c1-4-29-19(10-25-22(31)15-5-6-17-18(9-15)33-12-32-17)27-28-23(29)34-11-20(30)26-21-13(2)7-16(24)8-14(21)3/h5-9H,4,10-12H2,1-3H3,(H,25,31)(H,26,30). The molecule has 4 rings (SSSR count). The molecule has 0 radical (unpaired) electrons. The molecule has 0 unspecified atom stereocenters. The number of nitrogens with one attached hydrogen (secondary N) is 2. The molecule has 2 N–H and O–H groups in total. The fourth-order valence-corrected chi connectivity index (χ4v) is 5.34. The maximum absolute atomic E-state index is 12.6. The highest BCUT2D eigenvalue weighted by Gasteiger charge is 2.18. The Hall–Kier alpha value is -2.80. The summed E-state index contributed by atoms with van der Waals surface area (Å²) in [6, 6.07) is 9.12. The van der Waals surface area contributed by atoms with Crippen LogP contribution in [0, 0.1) is 17.4 Å². The van der Waals surface area contributed by atoms with E-state index in [1.807, 2.05) is 37.5 Å². The van der Waals surface area contributed by atoms with Gasteiger partial charge < -0.3 is 24.7 Å². The molecule has 34 heavy (non-hydrogen) atoms. The van der Waals surface area contributed by atoms with E-state index in [0.29, 0.717) is 34.6 Å². The molecule has 0 atom stereocenters. The molecule has 178 valence electrons. The molecule has 9 nitrogen and oxygen atoms in total. The van der Waals surface area contributed by atoms with Gasteiger partial charge in [0.1, 0.15) is 0 Å². The van der Waals surface area contributed by atoms with Gasteiger partial charge in [0.15, 0.2) is 22.5 Å². The van der Waals surface area contributed by atoms with E-state index in [1.54, 1.807) is 18.2 Å². The van der Waals surface area contributed by atoms with Crippen LogP contribution in [0.4, 0.5) is 5.69 Å². The van der Waals surface area contributed by atoms with E-state index >= 15 is 0 Å². The van der Waals surface area contributed by atoms with Gasteiger partial charge >= 0.3 is 0 Å². The zero-order chi connectivity index (χ0) is 24.2. The molecule has 2 aromatic carbocycles. The zero-order valence-corrected chi connectivity index (χ0v) is 22.0. The van der Waals surface area contributed by atoms with Crippen LogP contribution in [0.1, 0.15) is 34.2 Å². The fraction of sp³-hybridized carbons (Fsp3) is 0.304. The lowest BCUT2D eigenvalue weighted by molar-refractivity contribution is -0.113. The number of amides is 2. The summed E-state index contributed by atoms with van der Waals surface area (Å²) < 4.78 is 13.6. The Morgan fingerprint density at radius 2 is 1.85 bits per heavy atom. The molecule has 0 saturated carbocycles. The van der Waals surface area contributed by atoms with E-state index < -0.39 is 0 Å². The molecule has 0 fully saturated rings. The van der Waals surface area contributed by atoms with E-state index in [9.17, 15) is 9.59 Å². The number of aromatic nitrogens is 3. The van der Waals surface area contributed by atoms with Gasteiger partial charge in [0, 0.05) is 21.4 Å². The first-order chi connectivity index (χ1) is 16.4. The molecule has 11 heteroatoms. The Labute approximate surface area is 215 Å². The lowest BCUT2D eigenvalue weighted by Crippen LogP contribution is -2.24. The summed E-state index contributed by atoms with van der Waals surface area (Å²) in [6.07, 6.45) is 0. The molecule has 2 amide bonds. The minimum absolute atomic E-state index is 0.110. The highest BCUT2D eigenvalue weighted by molar-refractivity contribution is 14.1. The van der Waals surface area contributed by atoms with Crippen molar-refractivity contribution in [2.75, 3.05) is 17.9 Å². The Kier molecular flexibility index (Phi) is 7.61. The highest BCUT2D eigenvalue weighted by Crippen LogP contribution is 2.32. The summed E-state index contributed by atoms with van der Waals surface area (Å²) in [7, 11) is 0. The Morgan fingerprint density at radius 1 is 1.12 bits per heavy atom. The molecular formula is C23H24IN5O4S. The van der Waals surface area contributed by atoms with Crippen LogP contribution >= 0.6 is 34.4 Å². The summed E-state index contributed by atoms with van der Waals surface area (Å²) in [5.41, 5.74) is 3.37. The van der Waals surface area contributed by atoms with Crippen LogP contribution in [-0.4, -0.2) is 39.1 Å². The number of carbonyl (C=O) groups excluding carboxylic acids is 2. The second-order valence-electron chi connectivity index (χ2n) is 7.65. The van der Waals surface area contributed by atoms with E-state index in [2.05, 4.69) is 43.4 Å². The number of rotatable bonds is 8. The predicted molar refractivity (Wildman–Crippen MR) is 137 cm³/mol. The van der Waals surface area contributed by atoms with Crippen molar-refractivity contribution in [1.82, 2.24) is 20.1 Å². The quantitative estimate of drug-likeness (QED) is 0.301. The van der Waals surface area contributed by atoms with Crippen LogP contribution in [0.15, 0.2) is 35.5 Å². The molecule has 0 aliphatic carbocycles. The van der Waals surface area contributed by atoms with Crippen molar-refractivity contribution in [1.29, 1.82) is 0 Å². The number of hydrogen-bond donors (Lipinski definition) is 2. The van der Waals surface area contributed by atoms with E-state index in [0.717, 1.165) is 20.4 Å². The molecule has 1 aromatic heterocycles. The van der Waals surface area contributed by atoms with Gasteiger partial charge in [-0.05, 0) is 84.8 Å². The monoisotopic (exact) mass is 593 g/mol.